The number of pyridine rings is 2. The van der Waals surface area contributed by atoms with E-state index in [1.54, 1.807) is 29.9 Å². The number of nitrogens with zero attached hydrogens (tertiary/aromatic N) is 4. The van der Waals surface area contributed by atoms with Crippen LogP contribution in [0.3, 0.4) is 0 Å². The second-order valence-corrected chi connectivity index (χ2v) is 9.19. The Balaban J connectivity index is 1.26. The van der Waals surface area contributed by atoms with Crippen molar-refractivity contribution in [2.45, 2.75) is 6.92 Å². The van der Waals surface area contributed by atoms with Gasteiger partial charge in [0.25, 0.3) is 0 Å². The molecule has 2 aromatic carbocycles. The number of fused-ring (bicyclic) bond motifs is 1. The fourth-order valence-corrected chi connectivity index (χ4v) is 4.91. The molecule has 0 radical (unpaired) electrons. The van der Waals surface area contributed by atoms with Gasteiger partial charge in [-0.2, -0.15) is 0 Å². The predicted octanol–water partition coefficient (Wildman–Crippen LogP) is 7.66. The standard InChI is InChI=1S/C29H21N5OS/c1-19-17-26(36-18-19)27-24-5-2-3-6-25(24)28(34-33-27)32-21-8-10-22(11-9-21)35-29-23(7-4-14-31-29)20-12-15-30-16-13-20/h2-18H,1H3,(H,32,34). The summed E-state index contributed by atoms with van der Waals surface area (Å²) in [5.41, 5.74) is 4.92. The second-order valence-electron chi connectivity index (χ2n) is 8.27. The van der Waals surface area contributed by atoms with E-state index in [1.165, 1.54) is 5.56 Å². The molecule has 174 valence electrons. The lowest BCUT2D eigenvalue weighted by molar-refractivity contribution is 0.465. The van der Waals surface area contributed by atoms with Gasteiger partial charge in [-0.3, -0.25) is 4.98 Å². The summed E-state index contributed by atoms with van der Waals surface area (Å²) in [5.74, 6) is 1.94. The summed E-state index contributed by atoms with van der Waals surface area (Å²) in [6.45, 7) is 2.09. The van der Waals surface area contributed by atoms with Crippen LogP contribution in [-0.2, 0) is 0 Å². The fraction of sp³-hybridized carbons (Fsp3) is 0.0345. The summed E-state index contributed by atoms with van der Waals surface area (Å²) in [5, 5.41) is 16.7. The minimum Gasteiger partial charge on any atom is -0.438 e. The minimum absolute atomic E-state index is 0.542. The Morgan fingerprint density at radius 1 is 0.806 bits per heavy atom. The molecule has 0 saturated carbocycles. The Hall–Kier alpha value is -4.62. The van der Waals surface area contributed by atoms with E-state index < -0.39 is 0 Å². The van der Waals surface area contributed by atoms with E-state index in [4.69, 9.17) is 4.74 Å². The average molecular weight is 488 g/mol. The largest absolute Gasteiger partial charge is 0.438 e. The topological polar surface area (TPSA) is 72.8 Å². The van der Waals surface area contributed by atoms with Crippen molar-refractivity contribution in [3.63, 3.8) is 0 Å². The summed E-state index contributed by atoms with van der Waals surface area (Å²) in [6, 6.07) is 25.8. The van der Waals surface area contributed by atoms with Crippen LogP contribution in [0.4, 0.5) is 11.5 Å². The predicted molar refractivity (Wildman–Crippen MR) is 145 cm³/mol. The van der Waals surface area contributed by atoms with E-state index in [0.29, 0.717) is 17.4 Å². The Kier molecular flexibility index (Phi) is 5.81. The highest BCUT2D eigenvalue weighted by Crippen LogP contribution is 2.35. The first-order valence-electron chi connectivity index (χ1n) is 11.5. The van der Waals surface area contributed by atoms with Gasteiger partial charge < -0.3 is 10.1 Å². The van der Waals surface area contributed by atoms with Gasteiger partial charge >= 0.3 is 0 Å². The molecule has 6 aromatic rings. The number of hydrogen-bond donors (Lipinski definition) is 1. The zero-order valence-corrected chi connectivity index (χ0v) is 20.2. The number of benzene rings is 2. The van der Waals surface area contributed by atoms with Gasteiger partial charge in [0.2, 0.25) is 5.88 Å². The number of rotatable bonds is 6. The zero-order chi connectivity index (χ0) is 24.3. The van der Waals surface area contributed by atoms with E-state index in [2.05, 4.69) is 56.0 Å². The number of anilines is 2. The van der Waals surface area contributed by atoms with E-state index >= 15 is 0 Å². The first-order valence-corrected chi connectivity index (χ1v) is 12.3. The van der Waals surface area contributed by atoms with Crippen molar-refractivity contribution in [2.24, 2.45) is 0 Å². The molecule has 0 atom stereocenters. The number of hydrogen-bond acceptors (Lipinski definition) is 7. The minimum atomic E-state index is 0.542. The normalized spacial score (nSPS) is 10.9. The van der Waals surface area contributed by atoms with Gasteiger partial charge in [0.15, 0.2) is 5.82 Å². The van der Waals surface area contributed by atoms with Crippen LogP contribution in [0.1, 0.15) is 5.56 Å². The molecular formula is C29H21N5OS. The molecule has 36 heavy (non-hydrogen) atoms. The third kappa shape index (κ3) is 4.39. The number of ether oxygens (including phenoxy) is 1. The molecule has 6 nitrogen and oxygen atoms in total. The summed E-state index contributed by atoms with van der Waals surface area (Å²) < 4.78 is 6.12. The first kappa shape index (κ1) is 21.9. The molecule has 7 heteroatoms. The average Bonchev–Trinajstić information content (AvgIpc) is 3.36. The number of thiophene rings is 1. The van der Waals surface area contributed by atoms with Crippen LogP contribution in [-0.4, -0.2) is 20.2 Å². The number of aryl methyl sites for hydroxylation is 1. The van der Waals surface area contributed by atoms with E-state index in [-0.39, 0.29) is 0 Å². The molecule has 0 fully saturated rings. The Morgan fingerprint density at radius 2 is 1.61 bits per heavy atom. The van der Waals surface area contributed by atoms with E-state index in [0.717, 1.165) is 38.2 Å². The Bertz CT molecular complexity index is 1650. The van der Waals surface area contributed by atoms with Crippen molar-refractivity contribution in [2.75, 3.05) is 5.32 Å². The molecule has 1 N–H and O–H groups in total. The monoisotopic (exact) mass is 487 g/mol. The highest BCUT2D eigenvalue weighted by Gasteiger charge is 2.13. The van der Waals surface area contributed by atoms with Crippen LogP contribution < -0.4 is 10.1 Å². The third-order valence-corrected chi connectivity index (χ3v) is 6.80. The summed E-state index contributed by atoms with van der Waals surface area (Å²) in [6.07, 6.45) is 5.24. The molecule has 0 aliphatic carbocycles. The van der Waals surface area contributed by atoms with Crippen molar-refractivity contribution in [1.82, 2.24) is 20.2 Å². The summed E-state index contributed by atoms with van der Waals surface area (Å²) in [7, 11) is 0. The summed E-state index contributed by atoms with van der Waals surface area (Å²) >= 11 is 1.68. The highest BCUT2D eigenvalue weighted by molar-refractivity contribution is 7.13. The summed E-state index contributed by atoms with van der Waals surface area (Å²) in [4.78, 5) is 9.64. The lowest BCUT2D eigenvalue weighted by atomic mass is 10.1. The van der Waals surface area contributed by atoms with Crippen LogP contribution in [0.5, 0.6) is 11.6 Å². The Labute approximate surface area is 212 Å². The van der Waals surface area contributed by atoms with Gasteiger partial charge in [-0.15, -0.1) is 21.5 Å². The number of aromatic nitrogens is 4. The van der Waals surface area contributed by atoms with Crippen LogP contribution in [0.2, 0.25) is 0 Å². The molecule has 0 amide bonds. The van der Waals surface area contributed by atoms with Gasteiger partial charge in [-0.25, -0.2) is 4.98 Å². The lowest BCUT2D eigenvalue weighted by Crippen LogP contribution is -1.99. The van der Waals surface area contributed by atoms with Crippen molar-refractivity contribution < 1.29 is 4.74 Å². The van der Waals surface area contributed by atoms with E-state index in [9.17, 15) is 0 Å². The maximum Gasteiger partial charge on any atom is 0.227 e. The van der Waals surface area contributed by atoms with Crippen LogP contribution in [0.25, 0.3) is 32.5 Å². The molecule has 0 unspecified atom stereocenters. The first-order chi connectivity index (χ1) is 17.7. The highest BCUT2D eigenvalue weighted by atomic mass is 32.1. The molecule has 0 aliphatic heterocycles. The third-order valence-electron chi connectivity index (χ3n) is 5.75. The van der Waals surface area contributed by atoms with Crippen molar-refractivity contribution >= 4 is 33.6 Å². The van der Waals surface area contributed by atoms with E-state index in [1.807, 2.05) is 60.7 Å². The molecule has 0 saturated heterocycles. The lowest BCUT2D eigenvalue weighted by Gasteiger charge is -2.12. The molecule has 0 aliphatic rings. The van der Waals surface area contributed by atoms with Crippen molar-refractivity contribution in [1.29, 1.82) is 0 Å². The maximum atomic E-state index is 6.12. The molecule has 0 bridgehead atoms. The molecular weight excluding hydrogens is 466 g/mol. The second kappa shape index (κ2) is 9.56. The van der Waals surface area contributed by atoms with Crippen LogP contribution in [0.15, 0.2) is 103 Å². The van der Waals surface area contributed by atoms with Crippen molar-refractivity contribution in [3.8, 4) is 33.3 Å². The number of nitrogens with one attached hydrogen (secondary N) is 1. The van der Waals surface area contributed by atoms with Crippen LogP contribution in [0, 0.1) is 6.92 Å². The van der Waals surface area contributed by atoms with Gasteiger partial charge in [-0.1, -0.05) is 24.3 Å². The molecule has 4 heterocycles. The van der Waals surface area contributed by atoms with Gasteiger partial charge in [0, 0.05) is 40.6 Å². The molecule has 0 spiro atoms. The van der Waals surface area contributed by atoms with Gasteiger partial charge in [0.05, 0.1) is 4.88 Å². The van der Waals surface area contributed by atoms with Crippen molar-refractivity contribution in [3.05, 3.63) is 108 Å². The van der Waals surface area contributed by atoms with Gasteiger partial charge in [0.1, 0.15) is 11.4 Å². The molecule has 4 aromatic heterocycles. The molecule has 6 rings (SSSR count). The quantitative estimate of drug-likeness (QED) is 0.260. The Morgan fingerprint density at radius 3 is 2.39 bits per heavy atom. The van der Waals surface area contributed by atoms with Crippen LogP contribution >= 0.6 is 11.3 Å². The fourth-order valence-electron chi connectivity index (χ4n) is 4.01. The zero-order valence-electron chi connectivity index (χ0n) is 19.4. The maximum absolute atomic E-state index is 6.12. The SMILES string of the molecule is Cc1csc(-c2nnc(Nc3ccc(Oc4ncccc4-c4ccncc4)cc3)c3ccccc23)c1. The smallest absolute Gasteiger partial charge is 0.227 e. The van der Waals surface area contributed by atoms with Gasteiger partial charge in [-0.05, 0) is 78.0 Å².